The number of nitrogens with one attached hydrogen (secondary N) is 1. The first-order chi connectivity index (χ1) is 13.1. The second-order valence-electron chi connectivity index (χ2n) is 6.31. The highest BCUT2D eigenvalue weighted by atomic mass is 19.4. The molecule has 0 aliphatic carbocycles. The predicted octanol–water partition coefficient (Wildman–Crippen LogP) is 2.80. The lowest BCUT2D eigenvalue weighted by Gasteiger charge is -2.11. The van der Waals surface area contributed by atoms with Crippen LogP contribution < -0.4 is 5.32 Å². The van der Waals surface area contributed by atoms with E-state index in [2.05, 4.69) is 20.4 Å². The van der Waals surface area contributed by atoms with Gasteiger partial charge in [0, 0.05) is 23.5 Å². The van der Waals surface area contributed by atoms with E-state index in [0.717, 1.165) is 10.1 Å². The molecule has 2 aromatic heterocycles. The molecule has 1 aromatic carbocycles. The molecule has 0 radical (unpaired) electrons. The lowest BCUT2D eigenvalue weighted by atomic mass is 10.1. The molecule has 10 heteroatoms. The van der Waals surface area contributed by atoms with E-state index in [0.29, 0.717) is 29.9 Å². The molecule has 0 spiro atoms. The van der Waals surface area contributed by atoms with Crippen molar-refractivity contribution in [3.63, 3.8) is 0 Å². The van der Waals surface area contributed by atoms with Crippen molar-refractivity contribution in [1.82, 2.24) is 24.9 Å². The van der Waals surface area contributed by atoms with Gasteiger partial charge in [-0.1, -0.05) is 12.1 Å². The number of carbonyl (C=O) groups is 1. The van der Waals surface area contributed by atoms with Gasteiger partial charge in [0.25, 0.3) is 11.6 Å². The largest absolute Gasteiger partial charge is 0.453 e. The number of alkyl halides is 3. The van der Waals surface area contributed by atoms with E-state index in [1.54, 1.807) is 26.0 Å². The van der Waals surface area contributed by atoms with E-state index in [9.17, 15) is 22.4 Å². The van der Waals surface area contributed by atoms with Gasteiger partial charge in [-0.05, 0) is 38.0 Å². The van der Waals surface area contributed by atoms with Crippen LogP contribution in [0, 0.1) is 19.7 Å². The molecule has 1 amide bonds. The highest BCUT2D eigenvalue weighted by Crippen LogP contribution is 2.27. The second-order valence-corrected chi connectivity index (χ2v) is 6.31. The molecule has 0 saturated heterocycles. The molecule has 1 N–H and O–H groups in total. The van der Waals surface area contributed by atoms with Crippen LogP contribution in [0.4, 0.5) is 17.6 Å². The van der Waals surface area contributed by atoms with Gasteiger partial charge in [-0.15, -0.1) is 5.10 Å². The molecule has 3 aromatic rings. The monoisotopic (exact) mass is 395 g/mol. The smallest absolute Gasteiger partial charge is 0.355 e. The number of carbonyl (C=O) groups excluding carboxylic acids is 1. The summed E-state index contributed by atoms with van der Waals surface area (Å²) >= 11 is 0. The molecule has 148 valence electrons. The highest BCUT2D eigenvalue weighted by molar-refractivity contribution is 5.79. The highest BCUT2D eigenvalue weighted by Gasteiger charge is 2.37. The minimum Gasteiger partial charge on any atom is -0.355 e. The van der Waals surface area contributed by atoms with E-state index in [1.807, 2.05) is 0 Å². The molecule has 2 heterocycles. The summed E-state index contributed by atoms with van der Waals surface area (Å²) in [6.07, 6.45) is -4.20. The summed E-state index contributed by atoms with van der Waals surface area (Å²) in [5.74, 6) is -2.07. The number of halogens is 4. The summed E-state index contributed by atoms with van der Waals surface area (Å²) in [7, 11) is 0. The van der Waals surface area contributed by atoms with Crippen molar-refractivity contribution in [2.45, 2.75) is 32.9 Å². The van der Waals surface area contributed by atoms with Crippen LogP contribution in [-0.2, 0) is 23.8 Å². The maximum atomic E-state index is 12.9. The van der Waals surface area contributed by atoms with E-state index < -0.39 is 12.0 Å². The Balaban J connectivity index is 1.70. The topological polar surface area (TPSA) is 72.2 Å². The lowest BCUT2D eigenvalue weighted by molar-refractivity contribution is -0.144. The van der Waals surface area contributed by atoms with Crippen LogP contribution in [0.25, 0.3) is 5.78 Å². The molecule has 0 aliphatic heterocycles. The fraction of sp³-hybridized carbons (Fsp3) is 0.333. The second kappa shape index (κ2) is 7.53. The number of hydrogen-bond donors (Lipinski definition) is 1. The minimum atomic E-state index is -4.67. The maximum Gasteiger partial charge on any atom is 0.453 e. The normalized spacial score (nSPS) is 11.8. The number of aromatic nitrogens is 4. The number of nitrogens with zero attached hydrogens (tertiary/aromatic N) is 4. The molecule has 0 bridgehead atoms. The van der Waals surface area contributed by atoms with Crippen molar-refractivity contribution in [2.24, 2.45) is 0 Å². The Morgan fingerprint density at radius 1 is 1.14 bits per heavy atom. The number of aryl methyl sites for hydroxylation is 2. The Morgan fingerprint density at radius 3 is 2.46 bits per heavy atom. The Labute approximate surface area is 157 Å². The van der Waals surface area contributed by atoms with Crippen molar-refractivity contribution in [1.29, 1.82) is 0 Å². The van der Waals surface area contributed by atoms with Crippen LogP contribution in [-0.4, -0.2) is 32.0 Å². The van der Waals surface area contributed by atoms with Crippen molar-refractivity contribution in [3.05, 3.63) is 58.4 Å². The number of amides is 1. The molecule has 0 saturated carbocycles. The van der Waals surface area contributed by atoms with Crippen LogP contribution in [0.2, 0.25) is 0 Å². The fourth-order valence-electron chi connectivity index (χ4n) is 2.80. The molecule has 0 atom stereocenters. The zero-order valence-electron chi connectivity index (χ0n) is 15.1. The first-order valence-corrected chi connectivity index (χ1v) is 8.46. The first kappa shape index (κ1) is 19.7. The molecule has 28 heavy (non-hydrogen) atoms. The molecular weight excluding hydrogens is 378 g/mol. The van der Waals surface area contributed by atoms with Crippen LogP contribution in [0.1, 0.15) is 28.3 Å². The van der Waals surface area contributed by atoms with E-state index in [4.69, 9.17) is 0 Å². The number of hydrogen-bond acceptors (Lipinski definition) is 4. The number of benzene rings is 1. The van der Waals surface area contributed by atoms with Gasteiger partial charge >= 0.3 is 6.18 Å². The minimum absolute atomic E-state index is 0.0504. The van der Waals surface area contributed by atoms with Crippen LogP contribution in [0.15, 0.2) is 24.3 Å². The predicted molar refractivity (Wildman–Crippen MR) is 92.1 cm³/mol. The summed E-state index contributed by atoms with van der Waals surface area (Å²) in [5, 5.41) is 6.20. The quantitative estimate of drug-likeness (QED) is 0.675. The first-order valence-electron chi connectivity index (χ1n) is 8.46. The van der Waals surface area contributed by atoms with Crippen LogP contribution in [0.5, 0.6) is 0 Å². The maximum absolute atomic E-state index is 12.9. The van der Waals surface area contributed by atoms with Gasteiger partial charge in [-0.2, -0.15) is 18.2 Å². The van der Waals surface area contributed by atoms with E-state index >= 15 is 0 Å². The fourth-order valence-corrected chi connectivity index (χ4v) is 2.80. The Morgan fingerprint density at radius 2 is 1.82 bits per heavy atom. The van der Waals surface area contributed by atoms with Gasteiger partial charge in [0.15, 0.2) is 0 Å². The average molecular weight is 395 g/mol. The average Bonchev–Trinajstić information content (AvgIpc) is 3.05. The van der Waals surface area contributed by atoms with Gasteiger partial charge < -0.3 is 5.32 Å². The third-order valence-electron chi connectivity index (χ3n) is 4.29. The van der Waals surface area contributed by atoms with Crippen LogP contribution >= 0.6 is 0 Å². The van der Waals surface area contributed by atoms with Gasteiger partial charge in [0.2, 0.25) is 5.91 Å². The third-order valence-corrected chi connectivity index (χ3v) is 4.29. The summed E-state index contributed by atoms with van der Waals surface area (Å²) < 4.78 is 52.3. The summed E-state index contributed by atoms with van der Waals surface area (Å²) in [4.78, 5) is 19.7. The lowest BCUT2D eigenvalue weighted by Crippen LogP contribution is -2.28. The van der Waals surface area contributed by atoms with Gasteiger partial charge in [-0.3, -0.25) is 4.79 Å². The van der Waals surface area contributed by atoms with E-state index in [1.165, 1.54) is 12.1 Å². The van der Waals surface area contributed by atoms with Crippen LogP contribution in [0.3, 0.4) is 0 Å². The van der Waals surface area contributed by atoms with Gasteiger partial charge in [-0.25, -0.2) is 13.9 Å². The Hall–Kier alpha value is -3.04. The van der Waals surface area contributed by atoms with Crippen molar-refractivity contribution < 1.29 is 22.4 Å². The summed E-state index contributed by atoms with van der Waals surface area (Å²) in [6, 6.07) is 5.96. The van der Waals surface area contributed by atoms with Gasteiger partial charge in [0.05, 0.1) is 6.42 Å². The standard InChI is InChI=1S/C18H17F4N5O/c1-10-14(9-15(28)23-8-7-12-3-5-13(19)6-4-12)11(2)27-17(24-10)25-16(26-27)18(20,21)22/h3-6H,7-9H2,1-2H3,(H,23,28). The molecule has 0 aliphatic rings. The molecule has 6 nitrogen and oxygen atoms in total. The zero-order valence-corrected chi connectivity index (χ0v) is 15.1. The molecule has 0 unspecified atom stereocenters. The van der Waals surface area contributed by atoms with Crippen molar-refractivity contribution >= 4 is 11.7 Å². The number of rotatable bonds is 5. The summed E-state index contributed by atoms with van der Waals surface area (Å²) in [5.41, 5.74) is 2.16. The van der Waals surface area contributed by atoms with E-state index in [-0.39, 0.29) is 23.9 Å². The SMILES string of the molecule is Cc1nc2nc(C(F)(F)F)nn2c(C)c1CC(=O)NCCc1ccc(F)cc1. The summed E-state index contributed by atoms with van der Waals surface area (Å²) in [6.45, 7) is 3.52. The molecular formula is C18H17F4N5O. The number of fused-ring (bicyclic) bond motifs is 1. The van der Waals surface area contributed by atoms with Crippen molar-refractivity contribution in [3.8, 4) is 0 Å². The molecule has 0 fully saturated rings. The third kappa shape index (κ3) is 4.26. The Kier molecular flexibility index (Phi) is 5.30. The van der Waals surface area contributed by atoms with Crippen molar-refractivity contribution in [2.75, 3.05) is 6.54 Å². The Bertz CT molecular complexity index is 1010. The zero-order chi connectivity index (χ0) is 20.5. The van der Waals surface area contributed by atoms with Gasteiger partial charge in [0.1, 0.15) is 5.82 Å². The molecule has 3 rings (SSSR count).